The third-order valence-corrected chi connectivity index (χ3v) is 9.29. The molecule has 50 heavy (non-hydrogen) atoms. The lowest BCUT2D eigenvalue weighted by Gasteiger charge is -2.40. The molecule has 8 atom stereocenters. The van der Waals surface area contributed by atoms with Gasteiger partial charge in [-0.25, -0.2) is 0 Å². The first-order valence-electron chi connectivity index (χ1n) is 19.8. The molecule has 0 aliphatic carbocycles. The van der Waals surface area contributed by atoms with Crippen LogP contribution in [-0.4, -0.2) is 98.7 Å². The predicted molar refractivity (Wildman–Crippen MR) is 199 cm³/mol. The van der Waals surface area contributed by atoms with Crippen molar-refractivity contribution in [2.75, 3.05) is 13.2 Å². The van der Waals surface area contributed by atoms with Gasteiger partial charge in [0.15, 0.2) is 6.29 Å². The Balaban J connectivity index is 2.54. The van der Waals surface area contributed by atoms with Gasteiger partial charge in [0.1, 0.15) is 30.5 Å². The summed E-state index contributed by atoms with van der Waals surface area (Å²) in [5.74, 6) is -0.644. The fraction of sp³-hybridized carbons (Fsp3) is 0.825. The van der Waals surface area contributed by atoms with Crippen molar-refractivity contribution in [1.82, 2.24) is 5.32 Å². The normalized spacial score (nSPS) is 23.2. The molecule has 0 radical (unpaired) electrons. The molecular formula is C40H73NO9. The Hall–Kier alpha value is -1.63. The molecule has 0 bridgehead atoms. The van der Waals surface area contributed by atoms with Gasteiger partial charge in [-0.2, -0.15) is 0 Å². The van der Waals surface area contributed by atoms with E-state index in [9.17, 15) is 35.4 Å². The molecule has 10 nitrogen and oxygen atoms in total. The van der Waals surface area contributed by atoms with Crippen molar-refractivity contribution in [3.8, 4) is 0 Å². The SMILES string of the molecule is CCCC/C=C\CCCCCC(O)C(=O)NC(COC1OC(CO)C(O)C(O)C1O)C(O)/C=C/CC/C=C/CCCCCCCCCCCC. The average molecular weight is 712 g/mol. The van der Waals surface area contributed by atoms with Crippen molar-refractivity contribution in [2.24, 2.45) is 0 Å². The molecule has 0 saturated carbocycles. The topological polar surface area (TPSA) is 169 Å². The molecule has 1 rings (SSSR count). The van der Waals surface area contributed by atoms with E-state index in [0.717, 1.165) is 38.5 Å². The molecule has 8 unspecified atom stereocenters. The molecule has 0 aromatic rings. The summed E-state index contributed by atoms with van der Waals surface area (Å²) in [6, 6.07) is -0.999. The molecule has 0 aromatic heterocycles. The Bertz CT molecular complexity index is 896. The molecule has 7 N–H and O–H groups in total. The standard InChI is InChI=1S/C40H73NO9/c1-3-5-7-9-11-13-14-15-16-17-18-19-21-22-24-26-28-33(43)32(31-49-40-38(47)37(46)36(45)35(30-42)50-40)41-39(48)34(44)29-27-25-23-20-12-10-8-6-4-2/h10,12,19,21,26,28,32-38,40,42-47H,3-9,11,13-18,20,22-25,27,29-31H2,1-2H3,(H,41,48)/b12-10-,21-19+,28-26+. The molecule has 292 valence electrons. The lowest BCUT2D eigenvalue weighted by Crippen LogP contribution is -2.60. The Morgan fingerprint density at radius 3 is 1.80 bits per heavy atom. The van der Waals surface area contributed by atoms with Gasteiger partial charge in [-0.05, 0) is 51.4 Å². The summed E-state index contributed by atoms with van der Waals surface area (Å²) >= 11 is 0. The van der Waals surface area contributed by atoms with Crippen LogP contribution >= 0.6 is 0 Å². The van der Waals surface area contributed by atoms with Crippen LogP contribution in [0.25, 0.3) is 0 Å². The van der Waals surface area contributed by atoms with Crippen LogP contribution in [0.1, 0.15) is 149 Å². The van der Waals surface area contributed by atoms with Crippen LogP contribution in [0.5, 0.6) is 0 Å². The van der Waals surface area contributed by atoms with Gasteiger partial charge in [0.05, 0.1) is 25.4 Å². The number of carbonyl (C=O) groups excluding carboxylic acids is 1. The van der Waals surface area contributed by atoms with Crippen molar-refractivity contribution >= 4 is 5.91 Å². The van der Waals surface area contributed by atoms with Crippen LogP contribution in [0.3, 0.4) is 0 Å². The summed E-state index contributed by atoms with van der Waals surface area (Å²) in [6.45, 7) is 3.49. The van der Waals surface area contributed by atoms with Crippen LogP contribution < -0.4 is 5.32 Å². The smallest absolute Gasteiger partial charge is 0.249 e. The summed E-state index contributed by atoms with van der Waals surface area (Å²) in [5.41, 5.74) is 0. The highest BCUT2D eigenvalue weighted by atomic mass is 16.7. The lowest BCUT2D eigenvalue weighted by molar-refractivity contribution is -0.302. The lowest BCUT2D eigenvalue weighted by atomic mass is 9.99. The van der Waals surface area contributed by atoms with E-state index < -0.39 is 61.5 Å². The highest BCUT2D eigenvalue weighted by Crippen LogP contribution is 2.22. The summed E-state index contributed by atoms with van der Waals surface area (Å²) in [4.78, 5) is 12.9. The minimum atomic E-state index is -1.62. The molecule has 1 heterocycles. The van der Waals surface area contributed by atoms with Gasteiger partial charge in [0, 0.05) is 0 Å². The third kappa shape index (κ3) is 21.7. The number of allylic oxidation sites excluding steroid dienone is 5. The molecule has 1 fully saturated rings. The van der Waals surface area contributed by atoms with E-state index in [1.165, 1.54) is 77.0 Å². The van der Waals surface area contributed by atoms with Crippen molar-refractivity contribution in [3.05, 3.63) is 36.5 Å². The van der Waals surface area contributed by atoms with Crippen molar-refractivity contribution in [3.63, 3.8) is 0 Å². The number of aliphatic hydroxyl groups excluding tert-OH is 6. The monoisotopic (exact) mass is 712 g/mol. The van der Waals surface area contributed by atoms with Crippen LogP contribution in [0.4, 0.5) is 0 Å². The van der Waals surface area contributed by atoms with Gasteiger partial charge in [-0.3, -0.25) is 4.79 Å². The molecular weight excluding hydrogens is 638 g/mol. The first-order valence-corrected chi connectivity index (χ1v) is 19.8. The summed E-state index contributed by atoms with van der Waals surface area (Å²) in [7, 11) is 0. The predicted octanol–water partition coefficient (Wildman–Crippen LogP) is 5.91. The summed E-state index contributed by atoms with van der Waals surface area (Å²) < 4.78 is 11.1. The third-order valence-electron chi connectivity index (χ3n) is 9.29. The summed E-state index contributed by atoms with van der Waals surface area (Å²) in [5, 5.41) is 64.2. The van der Waals surface area contributed by atoms with Crippen molar-refractivity contribution in [1.29, 1.82) is 0 Å². The maximum absolute atomic E-state index is 12.9. The van der Waals surface area contributed by atoms with Gasteiger partial charge in [-0.15, -0.1) is 0 Å². The minimum Gasteiger partial charge on any atom is -0.394 e. The van der Waals surface area contributed by atoms with E-state index in [2.05, 4.69) is 43.5 Å². The second-order valence-corrected chi connectivity index (χ2v) is 13.9. The second-order valence-electron chi connectivity index (χ2n) is 13.9. The molecule has 0 aromatic carbocycles. The molecule has 1 saturated heterocycles. The Labute approximate surface area is 303 Å². The maximum atomic E-state index is 12.9. The van der Waals surface area contributed by atoms with E-state index >= 15 is 0 Å². The number of rotatable bonds is 31. The number of unbranched alkanes of at least 4 members (excludes halogenated alkanes) is 16. The summed E-state index contributed by atoms with van der Waals surface area (Å²) in [6.07, 6.45) is 25.4. The zero-order valence-corrected chi connectivity index (χ0v) is 31.3. The first-order chi connectivity index (χ1) is 24.3. The fourth-order valence-electron chi connectivity index (χ4n) is 5.92. The van der Waals surface area contributed by atoms with Crippen LogP contribution in [0, 0.1) is 0 Å². The molecule has 1 aliphatic rings. The number of ether oxygens (including phenoxy) is 2. The average Bonchev–Trinajstić information content (AvgIpc) is 3.11. The van der Waals surface area contributed by atoms with Crippen LogP contribution in [-0.2, 0) is 14.3 Å². The van der Waals surface area contributed by atoms with Gasteiger partial charge >= 0.3 is 0 Å². The van der Waals surface area contributed by atoms with E-state index in [4.69, 9.17) is 9.47 Å². The number of amides is 1. The van der Waals surface area contributed by atoms with E-state index in [1.807, 2.05) is 6.08 Å². The largest absolute Gasteiger partial charge is 0.394 e. The van der Waals surface area contributed by atoms with E-state index in [0.29, 0.717) is 12.8 Å². The zero-order chi connectivity index (χ0) is 36.8. The van der Waals surface area contributed by atoms with Gasteiger partial charge in [0.2, 0.25) is 5.91 Å². The van der Waals surface area contributed by atoms with Crippen molar-refractivity contribution in [2.45, 2.75) is 198 Å². The van der Waals surface area contributed by atoms with Crippen LogP contribution in [0.15, 0.2) is 36.5 Å². The van der Waals surface area contributed by atoms with E-state index in [1.54, 1.807) is 6.08 Å². The number of hydrogen-bond acceptors (Lipinski definition) is 9. The quantitative estimate of drug-likeness (QED) is 0.0342. The number of carbonyl (C=O) groups is 1. The fourth-order valence-corrected chi connectivity index (χ4v) is 5.92. The molecule has 1 aliphatic heterocycles. The maximum Gasteiger partial charge on any atom is 0.249 e. The number of nitrogens with one attached hydrogen (secondary N) is 1. The zero-order valence-electron chi connectivity index (χ0n) is 31.3. The van der Waals surface area contributed by atoms with Crippen LogP contribution in [0.2, 0.25) is 0 Å². The highest BCUT2D eigenvalue weighted by Gasteiger charge is 2.44. The molecule has 10 heteroatoms. The van der Waals surface area contributed by atoms with Crippen molar-refractivity contribution < 1.29 is 44.9 Å². The second kappa shape index (κ2) is 30.9. The number of aliphatic hydroxyl groups is 6. The Morgan fingerprint density at radius 1 is 0.680 bits per heavy atom. The molecule has 1 amide bonds. The van der Waals surface area contributed by atoms with Gasteiger partial charge < -0.3 is 45.4 Å². The Kier molecular flexibility index (Phi) is 28.7. The van der Waals surface area contributed by atoms with E-state index in [-0.39, 0.29) is 13.0 Å². The first kappa shape index (κ1) is 46.4. The van der Waals surface area contributed by atoms with Gasteiger partial charge in [-0.1, -0.05) is 134 Å². The Morgan fingerprint density at radius 2 is 1.20 bits per heavy atom. The van der Waals surface area contributed by atoms with Gasteiger partial charge in [0.25, 0.3) is 0 Å². The minimum absolute atomic E-state index is 0.281. The molecule has 0 spiro atoms. The highest BCUT2D eigenvalue weighted by molar-refractivity contribution is 5.80. The number of hydrogen-bond donors (Lipinski definition) is 7.